The van der Waals surface area contributed by atoms with Crippen LogP contribution in [0.5, 0.6) is 0 Å². The third kappa shape index (κ3) is 3.61. The lowest BCUT2D eigenvalue weighted by Crippen LogP contribution is -2.63. The van der Waals surface area contributed by atoms with Crippen LogP contribution >= 0.6 is 11.6 Å². The summed E-state index contributed by atoms with van der Waals surface area (Å²) in [6.07, 6.45) is 3.56. The monoisotopic (exact) mass is 308 g/mol. The number of nitrogens with one attached hydrogen (secondary N) is 1. The molecule has 118 valence electrons. The molecule has 1 aromatic carbocycles. The zero-order valence-electron chi connectivity index (χ0n) is 13.8. The summed E-state index contributed by atoms with van der Waals surface area (Å²) in [6, 6.07) is 9.39. The molecule has 2 nitrogen and oxygen atoms in total. The van der Waals surface area contributed by atoms with Gasteiger partial charge in [-0.1, -0.05) is 44.5 Å². The molecule has 0 saturated carbocycles. The summed E-state index contributed by atoms with van der Waals surface area (Å²) in [5.41, 5.74) is 1.63. The van der Waals surface area contributed by atoms with Gasteiger partial charge in [-0.3, -0.25) is 4.90 Å². The van der Waals surface area contributed by atoms with Gasteiger partial charge in [0.1, 0.15) is 0 Å². The van der Waals surface area contributed by atoms with Gasteiger partial charge in [-0.15, -0.1) is 0 Å². The first-order valence-corrected chi connectivity index (χ1v) is 8.69. The van der Waals surface area contributed by atoms with Crippen molar-refractivity contribution >= 4 is 11.6 Å². The maximum Gasteiger partial charge on any atom is 0.0406 e. The zero-order valence-corrected chi connectivity index (χ0v) is 14.6. The van der Waals surface area contributed by atoms with Crippen molar-refractivity contribution in [1.29, 1.82) is 0 Å². The molecule has 0 spiro atoms. The van der Waals surface area contributed by atoms with Gasteiger partial charge in [0.2, 0.25) is 0 Å². The van der Waals surface area contributed by atoms with Gasteiger partial charge in [0.25, 0.3) is 0 Å². The normalized spacial score (nSPS) is 24.0. The quantitative estimate of drug-likeness (QED) is 0.852. The maximum atomic E-state index is 6.02. The van der Waals surface area contributed by atoms with Crippen LogP contribution in [-0.2, 0) is 0 Å². The van der Waals surface area contributed by atoms with Gasteiger partial charge >= 0.3 is 0 Å². The van der Waals surface area contributed by atoms with E-state index < -0.39 is 0 Å². The summed E-state index contributed by atoms with van der Waals surface area (Å²) in [5, 5.41) is 4.63. The highest BCUT2D eigenvalue weighted by atomic mass is 35.5. The zero-order chi connectivity index (χ0) is 15.5. The van der Waals surface area contributed by atoms with Crippen LogP contribution in [0.25, 0.3) is 0 Å². The molecule has 3 heteroatoms. The molecule has 0 aliphatic carbocycles. The molecule has 1 fully saturated rings. The predicted octanol–water partition coefficient (Wildman–Crippen LogP) is 4.64. The third-order valence-corrected chi connectivity index (χ3v) is 5.59. The molecule has 0 aromatic heterocycles. The van der Waals surface area contributed by atoms with E-state index >= 15 is 0 Å². The van der Waals surface area contributed by atoms with Crippen LogP contribution in [0.2, 0.25) is 5.02 Å². The Morgan fingerprint density at radius 1 is 1.24 bits per heavy atom. The Balaban J connectivity index is 2.22. The van der Waals surface area contributed by atoms with E-state index in [9.17, 15) is 0 Å². The van der Waals surface area contributed by atoms with Crippen molar-refractivity contribution in [3.63, 3.8) is 0 Å². The van der Waals surface area contributed by atoms with E-state index in [0.717, 1.165) is 18.1 Å². The van der Waals surface area contributed by atoms with Crippen molar-refractivity contribution in [2.45, 2.75) is 64.6 Å². The first-order chi connectivity index (χ1) is 10.0. The van der Waals surface area contributed by atoms with E-state index in [4.69, 9.17) is 11.6 Å². The topological polar surface area (TPSA) is 15.3 Å². The van der Waals surface area contributed by atoms with Crippen molar-refractivity contribution in [1.82, 2.24) is 10.2 Å². The van der Waals surface area contributed by atoms with Crippen molar-refractivity contribution in [2.24, 2.45) is 0 Å². The smallest absolute Gasteiger partial charge is 0.0406 e. The fourth-order valence-corrected chi connectivity index (χ4v) is 3.60. The molecule has 2 atom stereocenters. The van der Waals surface area contributed by atoms with Crippen LogP contribution in [0.1, 0.15) is 58.6 Å². The average Bonchev–Trinajstić information content (AvgIpc) is 2.54. The number of benzene rings is 1. The molecule has 2 rings (SSSR count). The second-order valence-electron chi connectivity index (χ2n) is 6.33. The summed E-state index contributed by atoms with van der Waals surface area (Å²) in [7, 11) is 0. The molecule has 0 amide bonds. The maximum absolute atomic E-state index is 6.02. The Morgan fingerprint density at radius 2 is 1.86 bits per heavy atom. The lowest BCUT2D eigenvalue weighted by atomic mass is 9.86. The number of hydrogen-bond acceptors (Lipinski definition) is 2. The van der Waals surface area contributed by atoms with Crippen LogP contribution < -0.4 is 5.32 Å². The molecule has 2 unspecified atom stereocenters. The summed E-state index contributed by atoms with van der Waals surface area (Å²) >= 11 is 6.02. The van der Waals surface area contributed by atoms with Crippen molar-refractivity contribution in [3.8, 4) is 0 Å². The molecular weight excluding hydrogens is 280 g/mol. The second-order valence-corrected chi connectivity index (χ2v) is 6.77. The third-order valence-electron chi connectivity index (χ3n) is 5.34. The van der Waals surface area contributed by atoms with E-state index in [-0.39, 0.29) is 5.54 Å². The molecule has 1 heterocycles. The molecule has 0 radical (unpaired) electrons. The van der Waals surface area contributed by atoms with Crippen LogP contribution in [0.15, 0.2) is 24.3 Å². The van der Waals surface area contributed by atoms with Crippen molar-refractivity contribution in [2.75, 3.05) is 13.1 Å². The molecule has 1 aromatic rings. The Labute approximate surface area is 134 Å². The van der Waals surface area contributed by atoms with Crippen LogP contribution in [0.3, 0.4) is 0 Å². The molecule has 0 bridgehead atoms. The van der Waals surface area contributed by atoms with Crippen LogP contribution in [0.4, 0.5) is 0 Å². The van der Waals surface area contributed by atoms with Gasteiger partial charge in [0.05, 0.1) is 0 Å². The Bertz CT molecular complexity index is 439. The summed E-state index contributed by atoms with van der Waals surface area (Å²) < 4.78 is 0. The largest absolute Gasteiger partial charge is 0.308 e. The van der Waals surface area contributed by atoms with Crippen LogP contribution in [0, 0.1) is 0 Å². The van der Waals surface area contributed by atoms with E-state index in [1.165, 1.54) is 24.8 Å². The second kappa shape index (κ2) is 7.13. The van der Waals surface area contributed by atoms with Gasteiger partial charge in [0, 0.05) is 35.7 Å². The predicted molar refractivity (Wildman–Crippen MR) is 92.0 cm³/mol. The molecule has 1 aliphatic heterocycles. The number of piperazine rings is 1. The van der Waals surface area contributed by atoms with Gasteiger partial charge in [-0.2, -0.15) is 0 Å². The Kier molecular flexibility index (Phi) is 5.70. The van der Waals surface area contributed by atoms with E-state index in [1.54, 1.807) is 0 Å². The molecular formula is C18H29ClN2. The number of halogens is 1. The number of rotatable bonds is 5. The Morgan fingerprint density at radius 3 is 2.38 bits per heavy atom. The summed E-state index contributed by atoms with van der Waals surface area (Å²) in [5.74, 6) is 0. The van der Waals surface area contributed by atoms with Gasteiger partial charge in [-0.25, -0.2) is 0 Å². The highest BCUT2D eigenvalue weighted by Crippen LogP contribution is 2.31. The first-order valence-electron chi connectivity index (χ1n) is 8.31. The minimum atomic E-state index is 0.270. The SMILES string of the molecule is CCC1CNC(CC)(CC)CN1C(C)c1ccc(Cl)cc1. The lowest BCUT2D eigenvalue weighted by molar-refractivity contribution is 0.0400. The van der Waals surface area contributed by atoms with Gasteiger partial charge < -0.3 is 5.32 Å². The summed E-state index contributed by atoms with van der Waals surface area (Å²) in [6.45, 7) is 11.4. The van der Waals surface area contributed by atoms with Crippen LogP contribution in [-0.4, -0.2) is 29.6 Å². The minimum absolute atomic E-state index is 0.270. The van der Waals surface area contributed by atoms with E-state index in [2.05, 4.69) is 50.0 Å². The molecule has 1 aliphatic rings. The average molecular weight is 309 g/mol. The lowest BCUT2D eigenvalue weighted by Gasteiger charge is -2.49. The molecule has 1 saturated heterocycles. The number of nitrogens with zero attached hydrogens (tertiary/aromatic N) is 1. The first kappa shape index (κ1) is 16.8. The number of hydrogen-bond donors (Lipinski definition) is 1. The van der Waals surface area contributed by atoms with E-state index in [1.807, 2.05) is 12.1 Å². The van der Waals surface area contributed by atoms with Crippen molar-refractivity contribution < 1.29 is 0 Å². The fourth-order valence-electron chi connectivity index (χ4n) is 3.47. The van der Waals surface area contributed by atoms with E-state index in [0.29, 0.717) is 12.1 Å². The van der Waals surface area contributed by atoms with Gasteiger partial charge in [-0.05, 0) is 43.9 Å². The minimum Gasteiger partial charge on any atom is -0.308 e. The highest BCUT2D eigenvalue weighted by Gasteiger charge is 2.38. The Hall–Kier alpha value is -0.570. The highest BCUT2D eigenvalue weighted by molar-refractivity contribution is 6.30. The molecule has 21 heavy (non-hydrogen) atoms. The van der Waals surface area contributed by atoms with Crippen molar-refractivity contribution in [3.05, 3.63) is 34.9 Å². The van der Waals surface area contributed by atoms with Gasteiger partial charge in [0.15, 0.2) is 0 Å². The fraction of sp³-hybridized carbons (Fsp3) is 0.667. The molecule has 1 N–H and O–H groups in total. The standard InChI is InChI=1S/C18H29ClN2/c1-5-17-12-20-18(6-2,7-3)13-21(17)14(4)15-8-10-16(19)11-9-15/h8-11,14,17,20H,5-7,12-13H2,1-4H3. The summed E-state index contributed by atoms with van der Waals surface area (Å²) in [4.78, 5) is 2.69.